The van der Waals surface area contributed by atoms with E-state index < -0.39 is 23.8 Å². The highest BCUT2D eigenvalue weighted by Crippen LogP contribution is 2.43. The van der Waals surface area contributed by atoms with Crippen molar-refractivity contribution in [3.05, 3.63) is 64.9 Å². The van der Waals surface area contributed by atoms with Gasteiger partial charge in [-0.25, -0.2) is 4.98 Å². The maximum absolute atomic E-state index is 12.8. The van der Waals surface area contributed by atoms with E-state index in [0.29, 0.717) is 23.2 Å². The lowest BCUT2D eigenvalue weighted by atomic mass is 9.91. The summed E-state index contributed by atoms with van der Waals surface area (Å²) in [5.74, 6) is -0.980. The van der Waals surface area contributed by atoms with Gasteiger partial charge in [-0.2, -0.15) is 13.2 Å². The average molecular weight is 388 g/mol. The van der Waals surface area contributed by atoms with Crippen molar-refractivity contribution in [2.24, 2.45) is 5.73 Å². The number of halogens is 3. The predicted octanol–water partition coefficient (Wildman–Crippen LogP) is 3.52. The van der Waals surface area contributed by atoms with E-state index in [9.17, 15) is 18.0 Å². The minimum Gasteiger partial charge on any atom is -0.368 e. The third kappa shape index (κ3) is 3.07. The second-order valence-corrected chi connectivity index (χ2v) is 6.64. The summed E-state index contributed by atoms with van der Waals surface area (Å²) in [5, 5.41) is 0.683. The van der Waals surface area contributed by atoms with E-state index in [1.54, 1.807) is 12.3 Å². The Morgan fingerprint density at radius 3 is 2.64 bits per heavy atom. The number of carbonyl (C=O) groups excluding carboxylic acids is 1. The van der Waals surface area contributed by atoms with Crippen LogP contribution in [-0.4, -0.2) is 20.9 Å². The monoisotopic (exact) mass is 388 g/mol. The van der Waals surface area contributed by atoms with E-state index in [0.717, 1.165) is 23.4 Å². The SMILES string of the molecule is C[C@H](c1ccc(C(F)(F)F)cn1)C1OCc2cnc3cnc(C(N)=O)cc3c21. The molecule has 0 spiro atoms. The molecular formula is C19H15F3N4O2. The Labute approximate surface area is 157 Å². The maximum Gasteiger partial charge on any atom is 0.417 e. The molecule has 0 fully saturated rings. The van der Waals surface area contributed by atoms with E-state index in [4.69, 9.17) is 10.5 Å². The highest BCUT2D eigenvalue weighted by Gasteiger charge is 2.34. The summed E-state index contributed by atoms with van der Waals surface area (Å²) in [6.45, 7) is 2.14. The Morgan fingerprint density at radius 2 is 2.00 bits per heavy atom. The van der Waals surface area contributed by atoms with Gasteiger partial charge in [-0.05, 0) is 23.8 Å². The number of aromatic nitrogens is 3. The van der Waals surface area contributed by atoms with Gasteiger partial charge in [0, 0.05) is 35.0 Å². The highest BCUT2D eigenvalue weighted by atomic mass is 19.4. The number of alkyl halides is 3. The number of amides is 1. The summed E-state index contributed by atoms with van der Waals surface area (Å²) in [6.07, 6.45) is -0.928. The molecule has 4 heterocycles. The van der Waals surface area contributed by atoms with Gasteiger partial charge in [0.1, 0.15) is 5.69 Å². The molecule has 0 aromatic carbocycles. The van der Waals surface area contributed by atoms with Gasteiger partial charge in [0.25, 0.3) is 5.91 Å². The minimum absolute atomic E-state index is 0.105. The molecule has 4 rings (SSSR count). The molecule has 9 heteroatoms. The van der Waals surface area contributed by atoms with Gasteiger partial charge in [-0.15, -0.1) is 0 Å². The largest absolute Gasteiger partial charge is 0.417 e. The third-order valence-corrected chi connectivity index (χ3v) is 4.87. The van der Waals surface area contributed by atoms with Crippen LogP contribution in [0.15, 0.2) is 36.8 Å². The Morgan fingerprint density at radius 1 is 1.21 bits per heavy atom. The zero-order valence-corrected chi connectivity index (χ0v) is 14.7. The first kappa shape index (κ1) is 18.3. The van der Waals surface area contributed by atoms with Crippen molar-refractivity contribution in [3.63, 3.8) is 0 Å². The van der Waals surface area contributed by atoms with Crippen molar-refractivity contribution in [1.29, 1.82) is 0 Å². The Balaban J connectivity index is 1.76. The molecule has 1 aliphatic heterocycles. The normalized spacial score (nSPS) is 17.5. The zero-order valence-electron chi connectivity index (χ0n) is 14.7. The molecule has 2 N–H and O–H groups in total. The quantitative estimate of drug-likeness (QED) is 0.741. The van der Waals surface area contributed by atoms with Crippen LogP contribution in [0, 0.1) is 0 Å². The first-order chi connectivity index (χ1) is 13.3. The van der Waals surface area contributed by atoms with Crippen LogP contribution in [0.3, 0.4) is 0 Å². The fourth-order valence-electron chi connectivity index (χ4n) is 3.40. The molecular weight excluding hydrogens is 373 g/mol. The van der Waals surface area contributed by atoms with E-state index in [1.165, 1.54) is 12.3 Å². The summed E-state index contributed by atoms with van der Waals surface area (Å²) >= 11 is 0. The number of nitrogens with zero attached hydrogens (tertiary/aromatic N) is 3. The van der Waals surface area contributed by atoms with Crippen LogP contribution in [-0.2, 0) is 17.5 Å². The number of pyridine rings is 3. The number of hydrogen-bond acceptors (Lipinski definition) is 5. The van der Waals surface area contributed by atoms with Crippen molar-refractivity contribution < 1.29 is 22.7 Å². The molecule has 0 radical (unpaired) electrons. The van der Waals surface area contributed by atoms with Gasteiger partial charge in [-0.1, -0.05) is 6.92 Å². The molecule has 2 atom stereocenters. The second kappa shape index (κ2) is 6.52. The van der Waals surface area contributed by atoms with Gasteiger partial charge in [0.15, 0.2) is 0 Å². The highest BCUT2D eigenvalue weighted by molar-refractivity contribution is 5.95. The van der Waals surface area contributed by atoms with E-state index in [2.05, 4.69) is 15.0 Å². The van der Waals surface area contributed by atoms with Crippen LogP contribution in [0.25, 0.3) is 10.9 Å². The fourth-order valence-corrected chi connectivity index (χ4v) is 3.40. The number of nitrogens with two attached hydrogens (primary N) is 1. The van der Waals surface area contributed by atoms with E-state index in [1.807, 2.05) is 6.92 Å². The number of ether oxygens (including phenoxy) is 1. The molecule has 3 aromatic rings. The van der Waals surface area contributed by atoms with Gasteiger partial charge in [0.05, 0.1) is 30.0 Å². The lowest BCUT2D eigenvalue weighted by molar-refractivity contribution is -0.137. The summed E-state index contributed by atoms with van der Waals surface area (Å²) in [4.78, 5) is 23.8. The van der Waals surface area contributed by atoms with Gasteiger partial charge in [0.2, 0.25) is 0 Å². The van der Waals surface area contributed by atoms with Crippen molar-refractivity contribution in [3.8, 4) is 0 Å². The molecule has 0 bridgehead atoms. The smallest absolute Gasteiger partial charge is 0.368 e. The molecule has 1 amide bonds. The number of rotatable bonds is 3. The third-order valence-electron chi connectivity index (χ3n) is 4.87. The lowest BCUT2D eigenvalue weighted by Crippen LogP contribution is -2.14. The number of primary amides is 1. The average Bonchev–Trinajstić information content (AvgIpc) is 3.11. The van der Waals surface area contributed by atoms with Crippen LogP contribution in [0.5, 0.6) is 0 Å². The van der Waals surface area contributed by atoms with Crippen LogP contribution >= 0.6 is 0 Å². The number of carbonyl (C=O) groups is 1. The first-order valence-electron chi connectivity index (χ1n) is 8.48. The van der Waals surface area contributed by atoms with Crippen LogP contribution in [0.4, 0.5) is 13.2 Å². The molecule has 0 saturated carbocycles. The summed E-state index contributed by atoms with van der Waals surface area (Å²) in [7, 11) is 0. The zero-order chi connectivity index (χ0) is 20.1. The maximum atomic E-state index is 12.8. The van der Waals surface area contributed by atoms with Crippen molar-refractivity contribution >= 4 is 16.8 Å². The van der Waals surface area contributed by atoms with Crippen molar-refractivity contribution in [2.45, 2.75) is 31.7 Å². The molecule has 0 saturated heterocycles. The number of hydrogen-bond donors (Lipinski definition) is 1. The summed E-state index contributed by atoms with van der Waals surface area (Å²) in [6, 6.07) is 3.93. The molecule has 0 aliphatic carbocycles. The summed E-state index contributed by atoms with van der Waals surface area (Å²) in [5.41, 5.74) is 7.35. The van der Waals surface area contributed by atoms with Gasteiger partial charge < -0.3 is 10.5 Å². The van der Waals surface area contributed by atoms with E-state index in [-0.39, 0.29) is 11.6 Å². The molecule has 1 aliphatic rings. The van der Waals surface area contributed by atoms with Crippen molar-refractivity contribution in [1.82, 2.24) is 15.0 Å². The summed E-state index contributed by atoms with van der Waals surface area (Å²) < 4.78 is 44.2. The van der Waals surface area contributed by atoms with Gasteiger partial charge in [-0.3, -0.25) is 14.8 Å². The first-order valence-corrected chi connectivity index (χ1v) is 8.48. The predicted molar refractivity (Wildman–Crippen MR) is 93.2 cm³/mol. The number of fused-ring (bicyclic) bond motifs is 3. The standard InChI is InChI=1S/C19H15F3N4O2/c1-9(13-3-2-11(6-25-13)19(20,21)22)17-16-10(8-28-17)5-24-15-7-26-14(18(23)27)4-12(15)16/h2-7,9,17H,8H2,1H3,(H2,23,27)/t9-,17?/m1/s1. The molecule has 3 aromatic heterocycles. The second-order valence-electron chi connectivity index (χ2n) is 6.64. The molecule has 144 valence electrons. The van der Waals surface area contributed by atoms with Crippen LogP contribution in [0.1, 0.15) is 51.8 Å². The lowest BCUT2D eigenvalue weighted by Gasteiger charge is -2.21. The topological polar surface area (TPSA) is 91.0 Å². The Hall–Kier alpha value is -3.07. The van der Waals surface area contributed by atoms with Crippen molar-refractivity contribution in [2.75, 3.05) is 0 Å². The van der Waals surface area contributed by atoms with E-state index >= 15 is 0 Å². The molecule has 6 nitrogen and oxygen atoms in total. The fraction of sp³-hybridized carbons (Fsp3) is 0.263. The Bertz CT molecular complexity index is 1070. The van der Waals surface area contributed by atoms with Crippen LogP contribution in [0.2, 0.25) is 0 Å². The molecule has 1 unspecified atom stereocenters. The minimum atomic E-state index is -4.44. The molecule has 28 heavy (non-hydrogen) atoms. The Kier molecular flexibility index (Phi) is 4.26. The van der Waals surface area contributed by atoms with Gasteiger partial charge >= 0.3 is 6.18 Å². The van der Waals surface area contributed by atoms with Crippen LogP contribution < -0.4 is 5.73 Å².